The number of ether oxygens (including phenoxy) is 1. The maximum Gasteiger partial charge on any atom is 0.340 e. The zero-order valence-corrected chi connectivity index (χ0v) is 20.6. The molecule has 1 aliphatic carbocycles. The van der Waals surface area contributed by atoms with E-state index in [1.165, 1.54) is 17.8 Å². The van der Waals surface area contributed by atoms with Crippen molar-refractivity contribution < 1.29 is 43.3 Å². The van der Waals surface area contributed by atoms with Crippen LogP contribution < -0.4 is 5.32 Å². The quantitative estimate of drug-likeness (QED) is 0.205. The van der Waals surface area contributed by atoms with Gasteiger partial charge in [-0.1, -0.05) is 12.8 Å². The molecule has 2 aromatic heterocycles. The largest absolute Gasteiger partial charge is 0.387 e. The van der Waals surface area contributed by atoms with Gasteiger partial charge < -0.3 is 39.5 Å². The maximum atomic E-state index is 11.9. The molecule has 0 aromatic carbocycles. The van der Waals surface area contributed by atoms with E-state index < -0.39 is 51.7 Å². The minimum Gasteiger partial charge on any atom is -0.387 e. The van der Waals surface area contributed by atoms with Gasteiger partial charge in [-0.3, -0.25) is 13.7 Å². The molecule has 1 unspecified atom stereocenters. The van der Waals surface area contributed by atoms with Crippen LogP contribution in [0.2, 0.25) is 5.28 Å². The minimum atomic E-state index is -4.83. The van der Waals surface area contributed by atoms with E-state index in [0.29, 0.717) is 11.3 Å². The molecule has 17 heteroatoms. The number of anilines is 1. The summed E-state index contributed by atoms with van der Waals surface area (Å²) in [4.78, 5) is 40.3. The van der Waals surface area contributed by atoms with Gasteiger partial charge >= 0.3 is 15.2 Å². The van der Waals surface area contributed by atoms with Crippen molar-refractivity contribution in [2.75, 3.05) is 17.8 Å². The maximum absolute atomic E-state index is 11.9. The Morgan fingerprint density at radius 1 is 1.29 bits per heavy atom. The minimum absolute atomic E-state index is 0.0634. The lowest BCUT2D eigenvalue weighted by Crippen LogP contribution is -2.44. The summed E-state index contributed by atoms with van der Waals surface area (Å²) in [6.45, 7) is 0.585. The fraction of sp³-hybridized carbons (Fsp3) is 0.706. The molecule has 0 radical (unpaired) electrons. The number of fused-ring (bicyclic) bond motifs is 1. The van der Waals surface area contributed by atoms with Gasteiger partial charge in [-0.2, -0.15) is 9.97 Å². The molecule has 2 aromatic rings. The molecule has 1 saturated carbocycles. The molecular formula is C17H26ClN5O9P2. The van der Waals surface area contributed by atoms with Gasteiger partial charge in [0.2, 0.25) is 5.28 Å². The summed E-state index contributed by atoms with van der Waals surface area (Å²) in [5.74, 6) is -0.960. The third kappa shape index (κ3) is 5.46. The SMILES string of the molecule is C[C@@]1(O)[C@H](O)[C@@H](COP(=O)(O)CP(=O)(O)O)O[C@H]1n1cnc2c(NC3CCCC3)nc(Cl)nc21. The molecule has 190 valence electrons. The van der Waals surface area contributed by atoms with Crippen molar-refractivity contribution in [1.82, 2.24) is 19.5 Å². The number of rotatable bonds is 8. The van der Waals surface area contributed by atoms with Gasteiger partial charge in [0.05, 0.1) is 12.9 Å². The molecule has 6 N–H and O–H groups in total. The lowest BCUT2D eigenvalue weighted by atomic mass is 9.96. The fourth-order valence-electron chi connectivity index (χ4n) is 4.27. The van der Waals surface area contributed by atoms with Crippen LogP contribution in [0.3, 0.4) is 0 Å². The lowest BCUT2D eigenvalue weighted by molar-refractivity contribution is -0.0948. The molecule has 14 nitrogen and oxygen atoms in total. The van der Waals surface area contributed by atoms with E-state index in [4.69, 9.17) is 30.6 Å². The predicted molar refractivity (Wildman–Crippen MR) is 119 cm³/mol. The Bertz CT molecular complexity index is 1150. The molecule has 1 saturated heterocycles. The highest BCUT2D eigenvalue weighted by atomic mass is 35.5. The number of hydrogen-bond donors (Lipinski definition) is 6. The molecule has 0 spiro atoms. The smallest absolute Gasteiger partial charge is 0.340 e. The zero-order valence-electron chi connectivity index (χ0n) is 18.1. The van der Waals surface area contributed by atoms with Crippen molar-refractivity contribution in [2.45, 2.75) is 62.7 Å². The van der Waals surface area contributed by atoms with Crippen molar-refractivity contribution in [1.29, 1.82) is 0 Å². The lowest BCUT2D eigenvalue weighted by Gasteiger charge is -2.27. The number of hydrogen-bond acceptors (Lipinski definition) is 10. The monoisotopic (exact) mass is 541 g/mol. The average molecular weight is 542 g/mol. The summed E-state index contributed by atoms with van der Waals surface area (Å²) >= 11 is 6.13. The summed E-state index contributed by atoms with van der Waals surface area (Å²) in [5, 5.41) is 24.8. The Labute approximate surface area is 199 Å². The zero-order chi connectivity index (χ0) is 24.9. The van der Waals surface area contributed by atoms with E-state index in [0.717, 1.165) is 25.7 Å². The van der Waals surface area contributed by atoms with Crippen molar-refractivity contribution >= 4 is 43.8 Å². The number of nitrogens with one attached hydrogen (secondary N) is 1. The van der Waals surface area contributed by atoms with Crippen LogP contribution in [0.4, 0.5) is 5.82 Å². The van der Waals surface area contributed by atoms with Crippen LogP contribution in [0.25, 0.3) is 11.2 Å². The second-order valence-corrected chi connectivity index (χ2v) is 13.1. The number of nitrogens with zero attached hydrogens (tertiary/aromatic N) is 4. The number of aliphatic hydroxyl groups is 2. The van der Waals surface area contributed by atoms with E-state index in [2.05, 4.69) is 20.3 Å². The van der Waals surface area contributed by atoms with Crippen LogP contribution in [0.5, 0.6) is 0 Å². The highest BCUT2D eigenvalue weighted by Gasteiger charge is 2.54. The van der Waals surface area contributed by atoms with Crippen LogP contribution in [0.1, 0.15) is 38.8 Å². The Morgan fingerprint density at radius 2 is 1.97 bits per heavy atom. The van der Waals surface area contributed by atoms with Crippen molar-refractivity contribution in [3.63, 3.8) is 0 Å². The van der Waals surface area contributed by atoms with E-state index >= 15 is 0 Å². The highest BCUT2D eigenvalue weighted by Crippen LogP contribution is 2.55. The molecule has 5 atom stereocenters. The molecule has 1 aliphatic heterocycles. The summed E-state index contributed by atoms with van der Waals surface area (Å²) < 4.78 is 34.8. The predicted octanol–water partition coefficient (Wildman–Crippen LogP) is 1.18. The first-order chi connectivity index (χ1) is 15.8. The topological polar surface area (TPSA) is 209 Å². The van der Waals surface area contributed by atoms with Crippen LogP contribution in [-0.2, 0) is 18.4 Å². The Hall–Kier alpha value is -1.18. The number of imidazole rings is 1. The standard InChI is InChI=1S/C17H26ClN5O9P2/c1-17(25)12(24)10(6-31-34(29,30)8-33(26,27)28)32-15(17)23-7-19-11-13(20-9-4-2-3-5-9)21-16(18)22-14(11)23/h7,9-10,12,15,24-25H,2-6,8H2,1H3,(H,29,30)(H,20,21,22)(H2,26,27,28)/t10-,12-,15-,17-/m1/s1. The second-order valence-electron chi connectivity index (χ2n) is 8.73. The van der Waals surface area contributed by atoms with Gasteiger partial charge in [-0.15, -0.1) is 0 Å². The van der Waals surface area contributed by atoms with Crippen molar-refractivity contribution in [3.05, 3.63) is 11.6 Å². The summed E-state index contributed by atoms with van der Waals surface area (Å²) in [6.07, 6.45) is 1.37. The van der Waals surface area contributed by atoms with Gasteiger partial charge in [0.15, 0.2) is 29.1 Å². The highest BCUT2D eigenvalue weighted by molar-refractivity contribution is 7.70. The Morgan fingerprint density at radius 3 is 2.62 bits per heavy atom. The van der Waals surface area contributed by atoms with E-state index in [-0.39, 0.29) is 17.0 Å². The van der Waals surface area contributed by atoms with Gasteiger partial charge in [0.25, 0.3) is 0 Å². The molecule has 0 bridgehead atoms. The van der Waals surface area contributed by atoms with Crippen LogP contribution in [0, 0.1) is 0 Å². The van der Waals surface area contributed by atoms with Gasteiger partial charge in [-0.25, -0.2) is 4.98 Å². The van der Waals surface area contributed by atoms with Crippen molar-refractivity contribution in [3.8, 4) is 0 Å². The first-order valence-corrected chi connectivity index (χ1v) is 14.4. The molecule has 3 heterocycles. The van der Waals surface area contributed by atoms with Crippen LogP contribution in [0.15, 0.2) is 6.33 Å². The number of aliphatic hydroxyl groups excluding tert-OH is 1. The molecule has 34 heavy (non-hydrogen) atoms. The van der Waals surface area contributed by atoms with Crippen molar-refractivity contribution in [2.24, 2.45) is 0 Å². The first kappa shape index (κ1) is 25.9. The average Bonchev–Trinajstić information content (AvgIpc) is 3.39. The summed E-state index contributed by atoms with van der Waals surface area (Å²) in [7, 11) is -9.51. The molecule has 4 rings (SSSR count). The van der Waals surface area contributed by atoms with E-state index in [1.807, 2.05) is 0 Å². The fourth-order valence-corrected chi connectivity index (χ4v) is 7.00. The Balaban J connectivity index is 1.57. The van der Waals surface area contributed by atoms with Gasteiger partial charge in [0.1, 0.15) is 17.8 Å². The third-order valence-corrected chi connectivity index (χ3v) is 9.53. The van der Waals surface area contributed by atoms with Gasteiger partial charge in [-0.05, 0) is 31.4 Å². The third-order valence-electron chi connectivity index (χ3n) is 5.90. The Kier molecular flexibility index (Phi) is 7.13. The van der Waals surface area contributed by atoms with E-state index in [1.54, 1.807) is 0 Å². The second kappa shape index (κ2) is 9.36. The molecule has 0 amide bonds. The van der Waals surface area contributed by atoms with Crippen LogP contribution >= 0.6 is 26.8 Å². The number of halogens is 1. The van der Waals surface area contributed by atoms with E-state index in [9.17, 15) is 24.2 Å². The normalized spacial score (nSPS) is 30.1. The van der Waals surface area contributed by atoms with Crippen LogP contribution in [-0.4, -0.2) is 80.8 Å². The summed E-state index contributed by atoms with van der Waals surface area (Å²) in [6, 6.07) is 0.218. The number of aromatic nitrogens is 4. The summed E-state index contributed by atoms with van der Waals surface area (Å²) in [5.41, 5.74) is -1.30. The van der Waals surface area contributed by atoms with Gasteiger partial charge in [0, 0.05) is 6.04 Å². The molecule has 2 fully saturated rings. The first-order valence-electron chi connectivity index (χ1n) is 10.5. The molecular weight excluding hydrogens is 516 g/mol. The molecule has 2 aliphatic rings.